The molecular weight excluding hydrogens is 320 g/mol. The Hall–Kier alpha value is -0.340. The van der Waals surface area contributed by atoms with Crippen LogP contribution in [0.1, 0.15) is 91.4 Å². The highest BCUT2D eigenvalue weighted by atomic mass is 16.3. The molecule has 2 nitrogen and oxygen atoms in total. The molecule has 4 rings (SSSR count). The number of fused-ring (bicyclic) bond motifs is 5. The molecule has 2 N–H and O–H groups in total. The van der Waals surface area contributed by atoms with Gasteiger partial charge in [-0.15, -0.1) is 0 Å². The van der Waals surface area contributed by atoms with Crippen molar-refractivity contribution in [2.24, 2.45) is 35.0 Å². The van der Waals surface area contributed by atoms with E-state index in [9.17, 15) is 10.2 Å². The van der Waals surface area contributed by atoms with Gasteiger partial charge in [0.25, 0.3) is 0 Å². The number of rotatable bonds is 3. The highest BCUT2D eigenvalue weighted by Gasteiger charge is 2.63. The first-order valence-corrected chi connectivity index (χ1v) is 11.3. The second-order valence-corrected chi connectivity index (χ2v) is 10.8. The van der Waals surface area contributed by atoms with E-state index < -0.39 is 5.60 Å². The first-order valence-electron chi connectivity index (χ1n) is 11.3. The second kappa shape index (κ2) is 6.34. The summed E-state index contributed by atoms with van der Waals surface area (Å²) in [5.41, 5.74) is -0.00544. The fraction of sp³-hybridized carbons (Fsp3) is 0.917. The maximum absolute atomic E-state index is 11.4. The smallest absolute Gasteiger partial charge is 0.0907 e. The molecule has 0 bridgehead atoms. The van der Waals surface area contributed by atoms with E-state index in [0.717, 1.165) is 67.8 Å². The van der Waals surface area contributed by atoms with Crippen molar-refractivity contribution in [3.63, 3.8) is 0 Å². The zero-order valence-electron chi connectivity index (χ0n) is 17.3. The SMILES string of the molecule is C=C(C)[C@@]1(O)CC[C@H]2[C@@H]3CC[C@@H]4C[C@@](O)(CCC)CC[C@@H]4[C@H]3CC[C@@]21C. The third-order valence-electron chi connectivity index (χ3n) is 9.68. The first kappa shape index (κ1) is 19.0. The summed E-state index contributed by atoms with van der Waals surface area (Å²) in [7, 11) is 0. The van der Waals surface area contributed by atoms with Crippen LogP contribution >= 0.6 is 0 Å². The van der Waals surface area contributed by atoms with E-state index in [1.807, 2.05) is 6.92 Å². The Kier molecular flexibility index (Phi) is 4.63. The number of hydrogen-bond acceptors (Lipinski definition) is 2. The molecule has 8 atom stereocenters. The van der Waals surface area contributed by atoms with Crippen LogP contribution < -0.4 is 0 Å². The molecule has 4 aliphatic carbocycles. The van der Waals surface area contributed by atoms with Crippen molar-refractivity contribution < 1.29 is 10.2 Å². The molecule has 4 aliphatic rings. The third-order valence-corrected chi connectivity index (χ3v) is 9.68. The molecule has 4 fully saturated rings. The topological polar surface area (TPSA) is 40.5 Å². The first-order chi connectivity index (χ1) is 12.2. The van der Waals surface area contributed by atoms with Gasteiger partial charge in [-0.2, -0.15) is 0 Å². The van der Waals surface area contributed by atoms with E-state index in [0.29, 0.717) is 5.92 Å². The fourth-order valence-corrected chi connectivity index (χ4v) is 8.37. The third kappa shape index (κ3) is 2.58. The van der Waals surface area contributed by atoms with Crippen LogP contribution in [0.25, 0.3) is 0 Å². The van der Waals surface area contributed by atoms with Gasteiger partial charge in [-0.05, 0) is 106 Å². The molecule has 148 valence electrons. The van der Waals surface area contributed by atoms with Crippen molar-refractivity contribution in [2.75, 3.05) is 0 Å². The molecule has 0 aliphatic heterocycles. The normalized spacial score (nSPS) is 53.5. The highest BCUT2D eigenvalue weighted by molar-refractivity contribution is 5.24. The second-order valence-electron chi connectivity index (χ2n) is 10.8. The largest absolute Gasteiger partial charge is 0.390 e. The molecule has 26 heavy (non-hydrogen) atoms. The minimum absolute atomic E-state index is 0.0322. The van der Waals surface area contributed by atoms with E-state index in [1.54, 1.807) is 0 Å². The Labute approximate surface area is 160 Å². The molecule has 0 amide bonds. The summed E-state index contributed by atoms with van der Waals surface area (Å²) < 4.78 is 0. The van der Waals surface area contributed by atoms with Gasteiger partial charge in [0.2, 0.25) is 0 Å². The van der Waals surface area contributed by atoms with E-state index in [2.05, 4.69) is 20.4 Å². The molecular formula is C24H40O2. The predicted octanol–water partition coefficient (Wildman–Crippen LogP) is 5.48. The van der Waals surface area contributed by atoms with Crippen molar-refractivity contribution in [3.8, 4) is 0 Å². The van der Waals surface area contributed by atoms with Crippen molar-refractivity contribution >= 4 is 0 Å². The summed E-state index contributed by atoms with van der Waals surface area (Å²) in [5.74, 6) is 3.87. The monoisotopic (exact) mass is 360 g/mol. The summed E-state index contributed by atoms with van der Waals surface area (Å²) in [5, 5.41) is 22.4. The molecule has 4 saturated carbocycles. The van der Waals surface area contributed by atoms with E-state index in [-0.39, 0.29) is 11.0 Å². The molecule has 2 heteroatoms. The summed E-state index contributed by atoms with van der Waals surface area (Å²) in [6.07, 6.45) is 12.5. The van der Waals surface area contributed by atoms with Gasteiger partial charge >= 0.3 is 0 Å². The highest BCUT2D eigenvalue weighted by Crippen LogP contribution is 2.66. The van der Waals surface area contributed by atoms with Crippen molar-refractivity contribution in [2.45, 2.75) is 103 Å². The molecule has 0 radical (unpaired) electrons. The lowest BCUT2D eigenvalue weighted by Gasteiger charge is -2.58. The van der Waals surface area contributed by atoms with Gasteiger partial charge in [-0.3, -0.25) is 0 Å². The zero-order valence-corrected chi connectivity index (χ0v) is 17.3. The van der Waals surface area contributed by atoms with Crippen LogP contribution in [0.2, 0.25) is 0 Å². The summed E-state index contributed by atoms with van der Waals surface area (Å²) >= 11 is 0. The Morgan fingerprint density at radius 3 is 2.38 bits per heavy atom. The Morgan fingerprint density at radius 1 is 0.962 bits per heavy atom. The van der Waals surface area contributed by atoms with Gasteiger partial charge in [0.15, 0.2) is 0 Å². The van der Waals surface area contributed by atoms with E-state index >= 15 is 0 Å². The Bertz CT molecular complexity index is 571. The maximum Gasteiger partial charge on any atom is 0.0907 e. The molecule has 0 saturated heterocycles. The lowest BCUT2D eigenvalue weighted by Crippen LogP contribution is -2.54. The van der Waals surface area contributed by atoms with Crippen LogP contribution in [0.4, 0.5) is 0 Å². The average Bonchev–Trinajstić information content (AvgIpc) is 2.87. The molecule has 0 aromatic rings. The number of aliphatic hydroxyl groups is 2. The van der Waals surface area contributed by atoms with Crippen LogP contribution in [0.5, 0.6) is 0 Å². The van der Waals surface area contributed by atoms with Gasteiger partial charge in [-0.25, -0.2) is 0 Å². The molecule has 0 spiro atoms. The lowest BCUT2D eigenvalue weighted by atomic mass is 9.48. The molecule has 0 unspecified atom stereocenters. The predicted molar refractivity (Wildman–Crippen MR) is 107 cm³/mol. The van der Waals surface area contributed by atoms with E-state index in [4.69, 9.17) is 0 Å². The minimum atomic E-state index is -0.645. The van der Waals surface area contributed by atoms with Crippen molar-refractivity contribution in [3.05, 3.63) is 12.2 Å². The molecule has 0 aromatic heterocycles. The molecule has 0 aromatic carbocycles. The number of hydrogen-bond donors (Lipinski definition) is 2. The quantitative estimate of drug-likeness (QED) is 0.655. The van der Waals surface area contributed by atoms with Crippen LogP contribution in [-0.4, -0.2) is 21.4 Å². The maximum atomic E-state index is 11.4. The van der Waals surface area contributed by atoms with Crippen LogP contribution in [-0.2, 0) is 0 Å². The molecule has 0 heterocycles. The van der Waals surface area contributed by atoms with Gasteiger partial charge in [0.1, 0.15) is 0 Å². The average molecular weight is 361 g/mol. The Balaban J connectivity index is 1.54. The van der Waals surface area contributed by atoms with Gasteiger partial charge in [0, 0.05) is 5.41 Å². The fourth-order valence-electron chi connectivity index (χ4n) is 8.37. The Morgan fingerprint density at radius 2 is 1.69 bits per heavy atom. The lowest BCUT2D eigenvalue weighted by molar-refractivity contribution is -0.131. The van der Waals surface area contributed by atoms with Crippen molar-refractivity contribution in [1.82, 2.24) is 0 Å². The minimum Gasteiger partial charge on any atom is -0.390 e. The summed E-state index contributed by atoms with van der Waals surface area (Å²) in [4.78, 5) is 0. The standard InChI is InChI=1S/C24H40O2/c1-5-11-23(25)13-9-18-17(15-23)6-7-20-19(18)8-12-22(4)21(20)10-14-24(22,26)16(2)3/h17-21,25-26H,2,5-15H2,1,3-4H3/t17-,18+,19-,20-,21+,22+,23-,24+/m1/s1. The summed E-state index contributed by atoms with van der Waals surface area (Å²) in [6.45, 7) is 10.8. The van der Waals surface area contributed by atoms with Crippen LogP contribution in [0.3, 0.4) is 0 Å². The van der Waals surface area contributed by atoms with Crippen LogP contribution in [0.15, 0.2) is 12.2 Å². The van der Waals surface area contributed by atoms with Crippen LogP contribution in [0, 0.1) is 35.0 Å². The van der Waals surface area contributed by atoms with Crippen molar-refractivity contribution in [1.29, 1.82) is 0 Å². The summed E-state index contributed by atoms with van der Waals surface area (Å²) in [6, 6.07) is 0. The zero-order chi connectivity index (χ0) is 18.7. The van der Waals surface area contributed by atoms with E-state index in [1.165, 1.54) is 32.1 Å². The van der Waals surface area contributed by atoms with Gasteiger partial charge in [-0.1, -0.05) is 26.8 Å². The van der Waals surface area contributed by atoms with Gasteiger partial charge in [0.05, 0.1) is 11.2 Å². The van der Waals surface area contributed by atoms with Gasteiger partial charge < -0.3 is 10.2 Å².